The molecule has 2 aromatic rings. The minimum absolute atomic E-state index is 0.0977. The number of methoxy groups -OCH3 is 1. The summed E-state index contributed by atoms with van der Waals surface area (Å²) in [6, 6.07) is 13.0. The van der Waals surface area contributed by atoms with E-state index in [1.165, 1.54) is 24.3 Å². The van der Waals surface area contributed by atoms with Gasteiger partial charge in [-0.15, -0.1) is 0 Å². The number of hydrogen-bond acceptors (Lipinski definition) is 4. The van der Waals surface area contributed by atoms with Gasteiger partial charge in [0.05, 0.1) is 11.5 Å². The van der Waals surface area contributed by atoms with Gasteiger partial charge in [0.15, 0.2) is 0 Å². The van der Waals surface area contributed by atoms with Gasteiger partial charge >= 0.3 is 0 Å². The zero-order chi connectivity index (χ0) is 18.3. The number of amides is 1. The van der Waals surface area contributed by atoms with Crippen LogP contribution in [0.2, 0.25) is 0 Å². The molecule has 134 valence electrons. The molecule has 0 saturated heterocycles. The largest absolute Gasteiger partial charge is 0.383 e. The van der Waals surface area contributed by atoms with E-state index in [1.807, 2.05) is 19.1 Å². The highest BCUT2D eigenvalue weighted by Crippen LogP contribution is 2.17. The van der Waals surface area contributed by atoms with Crippen LogP contribution in [0.1, 0.15) is 22.8 Å². The molecular weight excluding hydrogens is 340 g/mol. The molecule has 2 rings (SSSR count). The van der Waals surface area contributed by atoms with Crippen molar-refractivity contribution in [3.8, 4) is 0 Å². The Bertz CT molecular complexity index is 800. The number of rotatable bonds is 8. The van der Waals surface area contributed by atoms with E-state index in [2.05, 4.69) is 10.0 Å². The first-order valence-electron chi connectivity index (χ1n) is 7.95. The number of nitrogens with one attached hydrogen (secondary N) is 2. The first-order chi connectivity index (χ1) is 12.0. The van der Waals surface area contributed by atoms with Gasteiger partial charge in [-0.3, -0.25) is 9.52 Å². The summed E-state index contributed by atoms with van der Waals surface area (Å²) in [4.78, 5) is 12.0. The van der Waals surface area contributed by atoms with Crippen molar-refractivity contribution in [3.63, 3.8) is 0 Å². The zero-order valence-electron chi connectivity index (χ0n) is 14.3. The molecule has 0 saturated carbocycles. The fourth-order valence-corrected chi connectivity index (χ4v) is 3.24. The summed E-state index contributed by atoms with van der Waals surface area (Å²) >= 11 is 0. The van der Waals surface area contributed by atoms with Crippen molar-refractivity contribution in [2.24, 2.45) is 0 Å². The van der Waals surface area contributed by atoms with Crippen LogP contribution < -0.4 is 10.0 Å². The monoisotopic (exact) mass is 362 g/mol. The quantitative estimate of drug-likeness (QED) is 0.707. The highest BCUT2D eigenvalue weighted by Gasteiger charge is 2.15. The van der Waals surface area contributed by atoms with E-state index in [1.54, 1.807) is 19.2 Å². The summed E-state index contributed by atoms with van der Waals surface area (Å²) in [7, 11) is -2.15. The first-order valence-corrected chi connectivity index (χ1v) is 9.43. The van der Waals surface area contributed by atoms with E-state index in [0.717, 1.165) is 12.0 Å². The van der Waals surface area contributed by atoms with Gasteiger partial charge in [0, 0.05) is 24.9 Å². The highest BCUT2D eigenvalue weighted by atomic mass is 32.2. The van der Waals surface area contributed by atoms with Crippen molar-refractivity contribution < 1.29 is 17.9 Å². The third-order valence-electron chi connectivity index (χ3n) is 3.63. The predicted molar refractivity (Wildman–Crippen MR) is 97.3 cm³/mol. The number of carbonyl (C=O) groups excluding carboxylic acids is 1. The summed E-state index contributed by atoms with van der Waals surface area (Å²) in [5.74, 6) is -0.274. The van der Waals surface area contributed by atoms with Crippen molar-refractivity contribution in [2.75, 3.05) is 25.0 Å². The molecule has 0 radical (unpaired) electrons. The number of aryl methyl sites for hydroxylation is 1. The second-order valence-corrected chi connectivity index (χ2v) is 7.11. The molecule has 2 aromatic carbocycles. The van der Waals surface area contributed by atoms with Gasteiger partial charge in [-0.05, 0) is 48.4 Å². The molecule has 0 unspecified atom stereocenters. The Balaban J connectivity index is 2.07. The lowest BCUT2D eigenvalue weighted by Gasteiger charge is -2.09. The Kier molecular flexibility index (Phi) is 6.55. The van der Waals surface area contributed by atoms with E-state index < -0.39 is 10.0 Å². The van der Waals surface area contributed by atoms with E-state index in [0.29, 0.717) is 24.4 Å². The summed E-state index contributed by atoms with van der Waals surface area (Å²) in [6.45, 7) is 2.84. The van der Waals surface area contributed by atoms with Gasteiger partial charge in [0.25, 0.3) is 15.9 Å². The van der Waals surface area contributed by atoms with E-state index in [-0.39, 0.29) is 10.8 Å². The standard InChI is InChI=1S/C18H22N2O4S/c1-3-14-4-8-16(9-5-14)20-25(22,23)17-10-6-15(7-11-17)18(21)19-12-13-24-2/h4-11,20H,3,12-13H2,1-2H3,(H,19,21). The molecule has 1 amide bonds. The first kappa shape index (κ1) is 19.0. The van der Waals surface area contributed by atoms with Gasteiger partial charge in [0.2, 0.25) is 0 Å². The van der Waals surface area contributed by atoms with Crippen LogP contribution in [-0.2, 0) is 21.2 Å². The molecule has 0 aromatic heterocycles. The molecule has 0 aliphatic heterocycles. The zero-order valence-corrected chi connectivity index (χ0v) is 15.1. The smallest absolute Gasteiger partial charge is 0.261 e. The van der Waals surface area contributed by atoms with Crippen LogP contribution in [0.25, 0.3) is 0 Å². The lowest BCUT2D eigenvalue weighted by molar-refractivity contribution is 0.0937. The van der Waals surface area contributed by atoms with Crippen LogP contribution in [0.5, 0.6) is 0 Å². The molecule has 2 N–H and O–H groups in total. The predicted octanol–water partition coefficient (Wildman–Crippen LogP) is 2.43. The maximum Gasteiger partial charge on any atom is 0.261 e. The number of hydrogen-bond donors (Lipinski definition) is 2. The molecular formula is C18H22N2O4S. The Morgan fingerprint density at radius 2 is 1.68 bits per heavy atom. The van der Waals surface area contributed by atoms with Crippen LogP contribution in [0.3, 0.4) is 0 Å². The fourth-order valence-electron chi connectivity index (χ4n) is 2.18. The Morgan fingerprint density at radius 1 is 1.04 bits per heavy atom. The van der Waals surface area contributed by atoms with Gasteiger partial charge in [0.1, 0.15) is 0 Å². The van der Waals surface area contributed by atoms with Crippen LogP contribution in [-0.4, -0.2) is 34.6 Å². The Labute approximate surface area is 148 Å². The molecule has 0 spiro atoms. The van der Waals surface area contributed by atoms with Gasteiger partial charge in [-0.25, -0.2) is 8.42 Å². The van der Waals surface area contributed by atoms with Gasteiger partial charge in [-0.2, -0.15) is 0 Å². The summed E-state index contributed by atoms with van der Waals surface area (Å²) in [5, 5.41) is 2.68. The minimum atomic E-state index is -3.70. The SMILES string of the molecule is CCc1ccc(NS(=O)(=O)c2ccc(C(=O)NCCOC)cc2)cc1. The van der Waals surface area contributed by atoms with Crippen molar-refractivity contribution in [3.05, 3.63) is 59.7 Å². The lowest BCUT2D eigenvalue weighted by Crippen LogP contribution is -2.26. The maximum absolute atomic E-state index is 12.4. The van der Waals surface area contributed by atoms with Gasteiger partial charge in [-0.1, -0.05) is 19.1 Å². The highest BCUT2D eigenvalue weighted by molar-refractivity contribution is 7.92. The van der Waals surface area contributed by atoms with Crippen molar-refractivity contribution in [1.29, 1.82) is 0 Å². The molecule has 0 atom stereocenters. The Hall–Kier alpha value is -2.38. The van der Waals surface area contributed by atoms with E-state index in [4.69, 9.17) is 4.74 Å². The van der Waals surface area contributed by atoms with Crippen molar-refractivity contribution >= 4 is 21.6 Å². The Morgan fingerprint density at radius 3 is 2.24 bits per heavy atom. The summed E-state index contributed by atoms with van der Waals surface area (Å²) in [5.41, 5.74) is 2.02. The molecule has 25 heavy (non-hydrogen) atoms. The molecule has 0 aliphatic carbocycles. The van der Waals surface area contributed by atoms with E-state index >= 15 is 0 Å². The topological polar surface area (TPSA) is 84.5 Å². The van der Waals surface area contributed by atoms with Crippen LogP contribution in [0, 0.1) is 0 Å². The van der Waals surface area contributed by atoms with Crippen LogP contribution in [0.4, 0.5) is 5.69 Å². The summed E-state index contributed by atoms with van der Waals surface area (Å²) < 4.78 is 32.2. The number of sulfonamides is 1. The number of benzene rings is 2. The lowest BCUT2D eigenvalue weighted by atomic mass is 10.2. The van der Waals surface area contributed by atoms with E-state index in [9.17, 15) is 13.2 Å². The molecule has 0 fully saturated rings. The molecule has 6 nitrogen and oxygen atoms in total. The normalized spacial score (nSPS) is 11.1. The van der Waals surface area contributed by atoms with Crippen molar-refractivity contribution in [2.45, 2.75) is 18.2 Å². The third kappa shape index (κ3) is 5.30. The minimum Gasteiger partial charge on any atom is -0.383 e. The average molecular weight is 362 g/mol. The molecule has 0 bridgehead atoms. The average Bonchev–Trinajstić information content (AvgIpc) is 2.62. The second kappa shape index (κ2) is 8.64. The van der Waals surface area contributed by atoms with Crippen LogP contribution >= 0.6 is 0 Å². The fraction of sp³-hybridized carbons (Fsp3) is 0.278. The van der Waals surface area contributed by atoms with Crippen molar-refractivity contribution in [1.82, 2.24) is 5.32 Å². The molecule has 0 heterocycles. The van der Waals surface area contributed by atoms with Crippen LogP contribution in [0.15, 0.2) is 53.4 Å². The number of anilines is 1. The number of carbonyl (C=O) groups is 1. The third-order valence-corrected chi connectivity index (χ3v) is 5.03. The summed E-state index contributed by atoms with van der Waals surface area (Å²) in [6.07, 6.45) is 0.890. The maximum atomic E-state index is 12.4. The number of ether oxygens (including phenoxy) is 1. The molecule has 0 aliphatic rings. The van der Waals surface area contributed by atoms with Gasteiger partial charge < -0.3 is 10.1 Å². The second-order valence-electron chi connectivity index (χ2n) is 5.43. The molecule has 7 heteroatoms.